The van der Waals surface area contributed by atoms with Crippen LogP contribution in [-0.4, -0.2) is 37.0 Å². The number of rotatable bonds is 0. The number of carbonyl (C=O) groups is 1. The van der Waals surface area contributed by atoms with E-state index in [1.807, 2.05) is 0 Å². The van der Waals surface area contributed by atoms with Gasteiger partial charge in [0.1, 0.15) is 5.78 Å². The molecule has 5 rings (SSSR count). The van der Waals surface area contributed by atoms with Crippen LogP contribution in [0.4, 0.5) is 0 Å². The van der Waals surface area contributed by atoms with E-state index in [1.54, 1.807) is 0 Å². The van der Waals surface area contributed by atoms with Crippen LogP contribution in [0.15, 0.2) is 23.8 Å². The first kappa shape index (κ1) is 19.0. The Bertz CT molecular complexity index is 713. The zero-order valence-corrected chi connectivity index (χ0v) is 17.6. The van der Waals surface area contributed by atoms with Crippen LogP contribution in [0.5, 0.6) is 0 Å². The molecule has 3 unspecified atom stereocenters. The third-order valence-corrected chi connectivity index (χ3v) is 8.27. The first-order valence-electron chi connectivity index (χ1n) is 11.1. The van der Waals surface area contributed by atoms with E-state index in [-0.39, 0.29) is 16.4 Å². The number of hydrogen-bond acceptors (Lipinski definition) is 4. The molecule has 28 heavy (non-hydrogen) atoms. The smallest absolute Gasteiger partial charge is 0.168 e. The van der Waals surface area contributed by atoms with Crippen molar-refractivity contribution in [3.63, 3.8) is 0 Å². The van der Waals surface area contributed by atoms with Gasteiger partial charge in [0.25, 0.3) is 0 Å². The molecule has 0 aromatic heterocycles. The van der Waals surface area contributed by atoms with Gasteiger partial charge in [-0.05, 0) is 37.2 Å². The van der Waals surface area contributed by atoms with Crippen molar-refractivity contribution >= 4 is 5.78 Å². The number of ketones is 1. The first-order chi connectivity index (χ1) is 13.3. The molecular weight excluding hydrogens is 352 g/mol. The summed E-state index contributed by atoms with van der Waals surface area (Å²) in [5.41, 5.74) is 1.14. The molecule has 0 radical (unpaired) electrons. The van der Waals surface area contributed by atoms with Gasteiger partial charge in [0, 0.05) is 36.0 Å². The summed E-state index contributed by atoms with van der Waals surface area (Å²) in [6.07, 6.45) is 13.1. The highest BCUT2D eigenvalue weighted by Gasteiger charge is 2.57. The van der Waals surface area contributed by atoms with Gasteiger partial charge >= 0.3 is 0 Å². The zero-order chi connectivity index (χ0) is 19.6. The molecule has 4 heteroatoms. The lowest BCUT2D eigenvalue weighted by atomic mass is 9.59. The van der Waals surface area contributed by atoms with E-state index in [0.29, 0.717) is 24.2 Å². The van der Waals surface area contributed by atoms with Gasteiger partial charge in [-0.25, -0.2) is 0 Å². The second kappa shape index (κ2) is 6.26. The normalized spacial score (nSPS) is 40.7. The van der Waals surface area contributed by atoms with Crippen molar-refractivity contribution in [2.24, 2.45) is 22.7 Å². The number of carbonyl (C=O) groups excluding carboxylic acids is 1. The van der Waals surface area contributed by atoms with Crippen LogP contribution in [0.3, 0.4) is 0 Å². The largest absolute Gasteiger partial charge is 0.367 e. The highest BCUT2D eigenvalue weighted by atomic mass is 16.7. The van der Waals surface area contributed by atoms with Crippen molar-refractivity contribution in [3.05, 3.63) is 23.8 Å². The van der Waals surface area contributed by atoms with Crippen molar-refractivity contribution in [1.29, 1.82) is 0 Å². The van der Waals surface area contributed by atoms with Gasteiger partial charge in [-0.2, -0.15) is 0 Å². The number of allylic oxidation sites excluding steroid dienone is 2. The molecule has 3 fully saturated rings. The molecule has 0 amide bonds. The Morgan fingerprint density at radius 2 is 1.71 bits per heavy atom. The van der Waals surface area contributed by atoms with Crippen molar-refractivity contribution < 1.29 is 19.0 Å². The minimum atomic E-state index is -0.424. The van der Waals surface area contributed by atoms with Gasteiger partial charge in [0.05, 0.1) is 25.4 Å². The van der Waals surface area contributed by atoms with Gasteiger partial charge in [0.2, 0.25) is 0 Å². The van der Waals surface area contributed by atoms with Gasteiger partial charge in [-0.15, -0.1) is 0 Å². The fraction of sp³-hybridized carbons (Fsp3) is 0.792. The molecule has 0 aromatic rings. The van der Waals surface area contributed by atoms with Crippen LogP contribution >= 0.6 is 0 Å². The summed E-state index contributed by atoms with van der Waals surface area (Å²) in [6, 6.07) is 0. The number of hydrogen-bond donors (Lipinski definition) is 0. The lowest BCUT2D eigenvalue weighted by Crippen LogP contribution is -2.54. The Morgan fingerprint density at radius 3 is 2.43 bits per heavy atom. The predicted molar refractivity (Wildman–Crippen MR) is 107 cm³/mol. The maximum atomic E-state index is 12.6. The Labute approximate surface area is 168 Å². The molecule has 1 saturated heterocycles. The SMILES string of the molecule is CC1(C)COC2(CCC3(CC2)OCC=CC2C3=CCC3(C)C(=O)CCC23)OC1. The molecule has 2 aliphatic heterocycles. The Balaban J connectivity index is 1.40. The first-order valence-corrected chi connectivity index (χ1v) is 11.1. The van der Waals surface area contributed by atoms with E-state index in [2.05, 4.69) is 39.0 Å². The van der Waals surface area contributed by atoms with Gasteiger partial charge in [-0.3, -0.25) is 4.79 Å². The third-order valence-electron chi connectivity index (χ3n) is 8.27. The van der Waals surface area contributed by atoms with Crippen molar-refractivity contribution in [1.82, 2.24) is 0 Å². The number of ether oxygens (including phenoxy) is 3. The van der Waals surface area contributed by atoms with E-state index in [9.17, 15) is 4.79 Å². The van der Waals surface area contributed by atoms with Crippen LogP contribution in [0.1, 0.15) is 65.7 Å². The lowest BCUT2D eigenvalue weighted by Gasteiger charge is -2.52. The summed E-state index contributed by atoms with van der Waals surface area (Å²) < 4.78 is 19.1. The monoisotopic (exact) mass is 386 g/mol. The highest BCUT2D eigenvalue weighted by Crippen LogP contribution is 2.58. The standard InChI is InChI=1S/C24H34O4/c1-21(2)15-27-24(28-16-21)12-10-23(11-13-24)19-8-9-22(3)18(6-7-20(22)25)17(19)5-4-14-26-23/h4-5,8,17-18H,6-7,9-16H2,1-3H3. The van der Waals surface area contributed by atoms with Gasteiger partial charge in [0.15, 0.2) is 5.79 Å². The Hall–Kier alpha value is -0.970. The van der Waals surface area contributed by atoms with Gasteiger partial charge in [-0.1, -0.05) is 39.0 Å². The van der Waals surface area contributed by atoms with Crippen LogP contribution in [0, 0.1) is 22.7 Å². The van der Waals surface area contributed by atoms with Crippen LogP contribution in [0.25, 0.3) is 0 Å². The molecule has 2 saturated carbocycles. The summed E-state index contributed by atoms with van der Waals surface area (Å²) in [5.74, 6) is 0.795. The topological polar surface area (TPSA) is 44.8 Å². The van der Waals surface area contributed by atoms with E-state index in [0.717, 1.165) is 58.2 Å². The minimum absolute atomic E-state index is 0.0968. The molecule has 0 aromatic carbocycles. The summed E-state index contributed by atoms with van der Waals surface area (Å²) >= 11 is 0. The minimum Gasteiger partial charge on any atom is -0.367 e. The molecule has 2 heterocycles. The average Bonchev–Trinajstić information content (AvgIpc) is 2.87. The maximum absolute atomic E-state index is 12.6. The number of fused-ring (bicyclic) bond motifs is 4. The van der Waals surface area contributed by atoms with E-state index in [1.165, 1.54) is 5.57 Å². The molecule has 0 bridgehead atoms. The average molecular weight is 387 g/mol. The second-order valence-corrected chi connectivity index (χ2v) is 10.8. The second-order valence-electron chi connectivity index (χ2n) is 10.8. The van der Waals surface area contributed by atoms with E-state index >= 15 is 0 Å². The molecule has 3 atom stereocenters. The van der Waals surface area contributed by atoms with Crippen LogP contribution in [-0.2, 0) is 19.0 Å². The highest BCUT2D eigenvalue weighted by molar-refractivity contribution is 5.87. The summed E-state index contributed by atoms with van der Waals surface area (Å²) in [6.45, 7) is 8.76. The molecule has 0 N–H and O–H groups in total. The fourth-order valence-electron chi connectivity index (χ4n) is 6.33. The Kier molecular flexibility index (Phi) is 4.25. The summed E-state index contributed by atoms with van der Waals surface area (Å²) in [5, 5.41) is 0. The maximum Gasteiger partial charge on any atom is 0.168 e. The molecule has 154 valence electrons. The van der Waals surface area contributed by atoms with Crippen molar-refractivity contribution in [3.8, 4) is 0 Å². The summed E-state index contributed by atoms with van der Waals surface area (Å²) in [4.78, 5) is 12.6. The molecular formula is C24H34O4. The number of Topliss-reactive ketones (excluding diaryl/α,β-unsaturated/α-hetero) is 1. The molecule has 5 aliphatic rings. The summed E-state index contributed by atoms with van der Waals surface area (Å²) in [7, 11) is 0. The van der Waals surface area contributed by atoms with Crippen LogP contribution < -0.4 is 0 Å². The van der Waals surface area contributed by atoms with Gasteiger partial charge < -0.3 is 14.2 Å². The Morgan fingerprint density at radius 1 is 1.00 bits per heavy atom. The van der Waals surface area contributed by atoms with E-state index in [4.69, 9.17) is 14.2 Å². The molecule has 3 aliphatic carbocycles. The molecule has 4 nitrogen and oxygen atoms in total. The third kappa shape index (κ3) is 2.79. The lowest BCUT2D eigenvalue weighted by molar-refractivity contribution is -0.319. The zero-order valence-electron chi connectivity index (χ0n) is 17.6. The quantitative estimate of drug-likeness (QED) is 0.571. The van der Waals surface area contributed by atoms with Crippen molar-refractivity contribution in [2.45, 2.75) is 77.1 Å². The van der Waals surface area contributed by atoms with E-state index < -0.39 is 5.79 Å². The predicted octanol–water partition coefficient (Wildman–Crippen LogP) is 4.59. The molecule has 2 spiro atoms. The fourth-order valence-corrected chi connectivity index (χ4v) is 6.33. The van der Waals surface area contributed by atoms with Crippen LogP contribution in [0.2, 0.25) is 0 Å². The van der Waals surface area contributed by atoms with Crippen molar-refractivity contribution in [2.75, 3.05) is 19.8 Å².